The van der Waals surface area contributed by atoms with Gasteiger partial charge >= 0.3 is 5.97 Å². The summed E-state index contributed by atoms with van der Waals surface area (Å²) in [4.78, 5) is 22.9. The molecule has 1 aromatic rings. The summed E-state index contributed by atoms with van der Waals surface area (Å²) in [5.41, 5.74) is 0. The topological polar surface area (TPSA) is 83.8 Å². The second-order valence-electron chi connectivity index (χ2n) is 3.83. The summed E-state index contributed by atoms with van der Waals surface area (Å²) in [6, 6.07) is 3.13. The number of hydrogen-bond donors (Lipinski definition) is 2. The van der Waals surface area contributed by atoms with Gasteiger partial charge in [-0.1, -0.05) is 11.8 Å². The standard InChI is InChI=1S/C12H16O5S2/c1-7(13)18-6-5-8(14)11(15)9-3-4-10(19-9)12(16)17-2/h3-4,8,11,14-15H,5-6H2,1-2H3. The molecule has 1 aromatic heterocycles. The average Bonchev–Trinajstić information content (AvgIpc) is 2.85. The zero-order valence-electron chi connectivity index (χ0n) is 10.7. The number of aliphatic hydroxyl groups is 2. The van der Waals surface area contributed by atoms with E-state index in [-0.39, 0.29) is 5.12 Å². The van der Waals surface area contributed by atoms with E-state index in [2.05, 4.69) is 4.74 Å². The van der Waals surface area contributed by atoms with Crippen molar-refractivity contribution in [3.05, 3.63) is 21.9 Å². The van der Waals surface area contributed by atoms with E-state index in [1.807, 2.05) is 0 Å². The normalized spacial score (nSPS) is 13.9. The Morgan fingerprint density at radius 2 is 2.11 bits per heavy atom. The minimum Gasteiger partial charge on any atom is -0.465 e. The molecule has 0 spiro atoms. The summed E-state index contributed by atoms with van der Waals surface area (Å²) in [5.74, 6) is -0.0203. The molecule has 0 radical (unpaired) electrons. The van der Waals surface area contributed by atoms with Crippen LogP contribution in [0.3, 0.4) is 0 Å². The van der Waals surface area contributed by atoms with Crippen molar-refractivity contribution in [1.82, 2.24) is 0 Å². The zero-order chi connectivity index (χ0) is 14.4. The van der Waals surface area contributed by atoms with Crippen molar-refractivity contribution in [1.29, 1.82) is 0 Å². The van der Waals surface area contributed by atoms with Crippen LogP contribution in [-0.2, 0) is 9.53 Å². The van der Waals surface area contributed by atoms with Crippen molar-refractivity contribution in [3.63, 3.8) is 0 Å². The number of thioether (sulfide) groups is 1. The van der Waals surface area contributed by atoms with Crippen LogP contribution in [0.4, 0.5) is 0 Å². The summed E-state index contributed by atoms with van der Waals surface area (Å²) in [6.07, 6.45) is -1.72. The number of ether oxygens (including phenoxy) is 1. The highest BCUT2D eigenvalue weighted by atomic mass is 32.2. The minimum atomic E-state index is -1.06. The third-order valence-electron chi connectivity index (χ3n) is 2.39. The van der Waals surface area contributed by atoms with Crippen LogP contribution < -0.4 is 0 Å². The Morgan fingerprint density at radius 3 is 2.68 bits per heavy atom. The second-order valence-corrected chi connectivity index (χ2v) is 6.22. The van der Waals surface area contributed by atoms with Gasteiger partial charge in [-0.05, 0) is 18.6 Å². The van der Waals surface area contributed by atoms with Gasteiger partial charge in [0.25, 0.3) is 0 Å². The van der Waals surface area contributed by atoms with E-state index in [1.165, 1.54) is 14.0 Å². The van der Waals surface area contributed by atoms with Crippen molar-refractivity contribution in [3.8, 4) is 0 Å². The van der Waals surface area contributed by atoms with E-state index in [4.69, 9.17) is 0 Å². The molecule has 2 N–H and O–H groups in total. The van der Waals surface area contributed by atoms with Crippen LogP contribution >= 0.6 is 23.1 Å². The molecular weight excluding hydrogens is 288 g/mol. The molecule has 0 saturated carbocycles. The molecule has 5 nitrogen and oxygen atoms in total. The molecule has 1 heterocycles. The molecule has 19 heavy (non-hydrogen) atoms. The van der Waals surface area contributed by atoms with Crippen molar-refractivity contribution in [2.45, 2.75) is 25.6 Å². The van der Waals surface area contributed by atoms with Gasteiger partial charge in [0.1, 0.15) is 11.0 Å². The highest BCUT2D eigenvalue weighted by molar-refractivity contribution is 8.13. The SMILES string of the molecule is COC(=O)c1ccc(C(O)C(O)CCSC(C)=O)s1. The number of hydrogen-bond acceptors (Lipinski definition) is 7. The molecule has 2 unspecified atom stereocenters. The highest BCUT2D eigenvalue weighted by Gasteiger charge is 2.21. The minimum absolute atomic E-state index is 0.0224. The number of rotatable bonds is 6. The van der Waals surface area contributed by atoms with Gasteiger partial charge < -0.3 is 14.9 Å². The van der Waals surface area contributed by atoms with Crippen LogP contribution in [0.5, 0.6) is 0 Å². The van der Waals surface area contributed by atoms with Gasteiger partial charge in [0.2, 0.25) is 0 Å². The number of carbonyl (C=O) groups is 2. The molecule has 7 heteroatoms. The maximum Gasteiger partial charge on any atom is 0.348 e. The van der Waals surface area contributed by atoms with Crippen LogP contribution in [0.25, 0.3) is 0 Å². The largest absolute Gasteiger partial charge is 0.465 e. The van der Waals surface area contributed by atoms with E-state index in [0.717, 1.165) is 23.1 Å². The van der Waals surface area contributed by atoms with Gasteiger partial charge in [0.05, 0.1) is 13.2 Å². The van der Waals surface area contributed by atoms with Crippen LogP contribution in [0.15, 0.2) is 12.1 Å². The third-order valence-corrected chi connectivity index (χ3v) is 4.37. The lowest BCUT2D eigenvalue weighted by Gasteiger charge is -2.15. The van der Waals surface area contributed by atoms with Crippen molar-refractivity contribution < 1.29 is 24.5 Å². The molecule has 0 fully saturated rings. The van der Waals surface area contributed by atoms with E-state index in [0.29, 0.717) is 21.9 Å². The summed E-state index contributed by atoms with van der Waals surface area (Å²) < 4.78 is 4.57. The van der Waals surface area contributed by atoms with E-state index < -0.39 is 18.2 Å². The maximum atomic E-state index is 11.3. The number of esters is 1. The second kappa shape index (κ2) is 7.64. The molecule has 0 bridgehead atoms. The van der Waals surface area contributed by atoms with Crippen LogP contribution in [0, 0.1) is 0 Å². The predicted octanol–water partition coefficient (Wildman–Crippen LogP) is 1.60. The predicted molar refractivity (Wildman–Crippen MR) is 74.4 cm³/mol. The fraction of sp³-hybridized carbons (Fsp3) is 0.500. The van der Waals surface area contributed by atoms with Gasteiger partial charge in [0.15, 0.2) is 5.12 Å². The van der Waals surface area contributed by atoms with Gasteiger partial charge in [-0.25, -0.2) is 4.79 Å². The molecule has 0 aliphatic rings. The molecule has 2 atom stereocenters. The third kappa shape index (κ3) is 4.94. The number of thiophene rings is 1. The van der Waals surface area contributed by atoms with E-state index in [9.17, 15) is 19.8 Å². The lowest BCUT2D eigenvalue weighted by Crippen LogP contribution is -2.18. The van der Waals surface area contributed by atoms with Crippen LogP contribution in [0.1, 0.15) is 34.0 Å². The Bertz CT molecular complexity index is 443. The monoisotopic (exact) mass is 304 g/mol. The number of carbonyl (C=O) groups excluding carboxylic acids is 2. The van der Waals surface area contributed by atoms with Gasteiger partial charge in [-0.15, -0.1) is 11.3 Å². The average molecular weight is 304 g/mol. The molecule has 0 aliphatic carbocycles. The lowest BCUT2D eigenvalue weighted by molar-refractivity contribution is -0.109. The van der Waals surface area contributed by atoms with Crippen LogP contribution in [-0.4, -0.2) is 40.3 Å². The van der Waals surface area contributed by atoms with Gasteiger partial charge in [-0.2, -0.15) is 0 Å². The van der Waals surface area contributed by atoms with E-state index in [1.54, 1.807) is 12.1 Å². The summed E-state index contributed by atoms with van der Waals surface area (Å²) >= 11 is 2.19. The molecular formula is C12H16O5S2. The number of methoxy groups -OCH3 is 1. The Morgan fingerprint density at radius 1 is 1.42 bits per heavy atom. The Kier molecular flexibility index (Phi) is 6.50. The zero-order valence-corrected chi connectivity index (χ0v) is 12.3. The first kappa shape index (κ1) is 16.2. The Balaban J connectivity index is 2.56. The van der Waals surface area contributed by atoms with E-state index >= 15 is 0 Å². The molecule has 1 rings (SSSR count). The smallest absolute Gasteiger partial charge is 0.348 e. The quantitative estimate of drug-likeness (QED) is 0.777. The van der Waals surface area contributed by atoms with Gasteiger partial charge in [-0.3, -0.25) is 4.79 Å². The summed E-state index contributed by atoms with van der Waals surface area (Å²) in [7, 11) is 1.28. The molecule has 106 valence electrons. The highest BCUT2D eigenvalue weighted by Crippen LogP contribution is 2.27. The first-order chi connectivity index (χ1) is 8.95. The Hall–Kier alpha value is -0.890. The first-order valence-electron chi connectivity index (χ1n) is 5.63. The molecule has 0 saturated heterocycles. The molecule has 0 amide bonds. The fourth-order valence-corrected chi connectivity index (χ4v) is 3.01. The maximum absolute atomic E-state index is 11.3. The lowest BCUT2D eigenvalue weighted by atomic mass is 10.1. The van der Waals surface area contributed by atoms with Crippen molar-refractivity contribution in [2.24, 2.45) is 0 Å². The summed E-state index contributed by atoms with van der Waals surface area (Å²) in [6.45, 7) is 1.45. The number of aliphatic hydroxyl groups excluding tert-OH is 2. The first-order valence-corrected chi connectivity index (χ1v) is 7.43. The fourth-order valence-electron chi connectivity index (χ4n) is 1.39. The van der Waals surface area contributed by atoms with Gasteiger partial charge in [0, 0.05) is 17.6 Å². The molecule has 0 aromatic carbocycles. The van der Waals surface area contributed by atoms with Crippen LogP contribution in [0.2, 0.25) is 0 Å². The Labute approximate surface area is 119 Å². The molecule has 0 aliphatic heterocycles. The summed E-state index contributed by atoms with van der Waals surface area (Å²) in [5, 5.41) is 19.7. The van der Waals surface area contributed by atoms with Crippen molar-refractivity contribution in [2.75, 3.05) is 12.9 Å². The van der Waals surface area contributed by atoms with Crippen molar-refractivity contribution >= 4 is 34.2 Å².